The largest absolute Gasteiger partial charge is 0.484 e. The molecule has 0 atom stereocenters. The Kier molecular flexibility index (Phi) is 6.73. The lowest BCUT2D eigenvalue weighted by atomic mass is 9.78. The first-order chi connectivity index (χ1) is 17.8. The van der Waals surface area contributed by atoms with Crippen LogP contribution in [0.3, 0.4) is 0 Å². The second kappa shape index (κ2) is 10.1. The average molecular weight is 508 g/mol. The van der Waals surface area contributed by atoms with Crippen molar-refractivity contribution in [1.29, 1.82) is 0 Å². The SMILES string of the molecule is Cc1cc(=O)oc2cc(OCC(=O)N3CCC4(CCN(C(=O)CNC(=O)c5ccco5)CC4)C3)ccc12. The Bertz CT molecular complexity index is 1370. The number of aryl methyl sites for hydroxylation is 1. The van der Waals surface area contributed by atoms with Gasteiger partial charge in [0.15, 0.2) is 12.4 Å². The highest BCUT2D eigenvalue weighted by Gasteiger charge is 2.42. The topological polar surface area (TPSA) is 122 Å². The Morgan fingerprint density at radius 3 is 2.51 bits per heavy atom. The third kappa shape index (κ3) is 5.37. The molecule has 2 aliphatic rings. The molecular formula is C27H29N3O7. The van der Waals surface area contributed by atoms with Crippen LogP contribution in [0.2, 0.25) is 0 Å². The van der Waals surface area contributed by atoms with E-state index in [4.69, 9.17) is 13.6 Å². The van der Waals surface area contributed by atoms with Crippen molar-refractivity contribution in [1.82, 2.24) is 15.1 Å². The van der Waals surface area contributed by atoms with E-state index in [-0.39, 0.29) is 36.1 Å². The zero-order valence-corrected chi connectivity index (χ0v) is 20.7. The molecule has 3 amide bonds. The van der Waals surface area contributed by atoms with E-state index in [9.17, 15) is 19.2 Å². The first-order valence-corrected chi connectivity index (χ1v) is 12.4. The second-order valence-corrected chi connectivity index (χ2v) is 9.80. The lowest BCUT2D eigenvalue weighted by molar-refractivity contribution is -0.134. The minimum absolute atomic E-state index is 0.00621. The number of likely N-dealkylation sites (tertiary alicyclic amines) is 2. The maximum Gasteiger partial charge on any atom is 0.336 e. The van der Waals surface area contributed by atoms with Crippen LogP contribution in [0.15, 0.2) is 56.3 Å². The quantitative estimate of drug-likeness (QED) is 0.508. The molecule has 37 heavy (non-hydrogen) atoms. The highest BCUT2D eigenvalue weighted by molar-refractivity contribution is 5.94. The molecule has 194 valence electrons. The molecule has 10 heteroatoms. The van der Waals surface area contributed by atoms with E-state index in [1.165, 1.54) is 12.3 Å². The van der Waals surface area contributed by atoms with Gasteiger partial charge in [-0.05, 0) is 61.4 Å². The zero-order chi connectivity index (χ0) is 26.0. The van der Waals surface area contributed by atoms with Crippen LogP contribution in [0.1, 0.15) is 35.4 Å². The fourth-order valence-corrected chi connectivity index (χ4v) is 5.18. The Labute approximate surface area is 213 Å². The molecule has 2 aromatic heterocycles. The Morgan fingerprint density at radius 2 is 1.78 bits per heavy atom. The maximum absolute atomic E-state index is 12.9. The smallest absolute Gasteiger partial charge is 0.336 e. The van der Waals surface area contributed by atoms with Gasteiger partial charge in [-0.15, -0.1) is 0 Å². The fraction of sp³-hybridized carbons (Fsp3) is 0.407. The number of furan rings is 1. The molecule has 4 heterocycles. The molecule has 0 unspecified atom stereocenters. The van der Waals surface area contributed by atoms with Crippen molar-refractivity contribution >= 4 is 28.7 Å². The van der Waals surface area contributed by atoms with Crippen molar-refractivity contribution in [2.75, 3.05) is 39.3 Å². The molecule has 2 aliphatic heterocycles. The number of ether oxygens (including phenoxy) is 1. The van der Waals surface area contributed by atoms with E-state index in [2.05, 4.69) is 5.32 Å². The summed E-state index contributed by atoms with van der Waals surface area (Å²) in [6.45, 7) is 4.14. The molecule has 1 spiro atoms. The number of nitrogens with one attached hydrogen (secondary N) is 1. The lowest BCUT2D eigenvalue weighted by Crippen LogP contribution is -2.48. The Morgan fingerprint density at radius 1 is 1.03 bits per heavy atom. The number of hydrogen-bond donors (Lipinski definition) is 1. The lowest BCUT2D eigenvalue weighted by Gasteiger charge is -2.39. The van der Waals surface area contributed by atoms with Gasteiger partial charge in [0.25, 0.3) is 11.8 Å². The number of amides is 3. The van der Waals surface area contributed by atoms with Gasteiger partial charge in [0.2, 0.25) is 5.91 Å². The number of nitrogens with zero attached hydrogens (tertiary/aromatic N) is 2. The summed E-state index contributed by atoms with van der Waals surface area (Å²) in [6.07, 6.45) is 3.90. The first kappa shape index (κ1) is 24.6. The molecular weight excluding hydrogens is 478 g/mol. The summed E-state index contributed by atoms with van der Waals surface area (Å²) in [6, 6.07) is 9.81. The third-order valence-electron chi connectivity index (χ3n) is 7.40. The van der Waals surface area contributed by atoms with Gasteiger partial charge < -0.3 is 28.7 Å². The summed E-state index contributed by atoms with van der Waals surface area (Å²) in [5.41, 5.74) is 0.819. The number of rotatable bonds is 6. The van der Waals surface area contributed by atoms with Gasteiger partial charge in [0.05, 0.1) is 12.8 Å². The number of benzene rings is 1. The molecule has 0 bridgehead atoms. The normalized spacial score (nSPS) is 16.8. The van der Waals surface area contributed by atoms with E-state index < -0.39 is 11.5 Å². The molecule has 3 aromatic rings. The Balaban J connectivity index is 1.09. The van der Waals surface area contributed by atoms with Crippen molar-refractivity contribution in [2.45, 2.75) is 26.2 Å². The highest BCUT2D eigenvalue weighted by atomic mass is 16.5. The number of carbonyl (C=O) groups is 3. The van der Waals surface area contributed by atoms with Crippen LogP contribution in [-0.2, 0) is 9.59 Å². The highest BCUT2D eigenvalue weighted by Crippen LogP contribution is 2.40. The number of piperidine rings is 1. The van der Waals surface area contributed by atoms with Gasteiger partial charge in [0.1, 0.15) is 11.3 Å². The van der Waals surface area contributed by atoms with Gasteiger partial charge in [-0.2, -0.15) is 0 Å². The van der Waals surface area contributed by atoms with Gasteiger partial charge in [0, 0.05) is 43.7 Å². The van der Waals surface area contributed by atoms with Gasteiger partial charge in [-0.3, -0.25) is 14.4 Å². The molecule has 5 rings (SSSR count). The maximum atomic E-state index is 12.9. The van der Waals surface area contributed by atoms with Crippen molar-refractivity contribution in [3.05, 3.63) is 64.4 Å². The summed E-state index contributed by atoms with van der Waals surface area (Å²) >= 11 is 0. The predicted octanol–water partition coefficient (Wildman–Crippen LogP) is 2.34. The van der Waals surface area contributed by atoms with Crippen molar-refractivity contribution in [3.8, 4) is 5.75 Å². The number of hydrogen-bond acceptors (Lipinski definition) is 7. The zero-order valence-electron chi connectivity index (χ0n) is 20.7. The molecule has 0 saturated carbocycles. The van der Waals surface area contributed by atoms with E-state index >= 15 is 0 Å². The second-order valence-electron chi connectivity index (χ2n) is 9.80. The molecule has 2 saturated heterocycles. The molecule has 0 aliphatic carbocycles. The minimum Gasteiger partial charge on any atom is -0.484 e. The molecule has 0 radical (unpaired) electrons. The molecule has 1 N–H and O–H groups in total. The van der Waals surface area contributed by atoms with Crippen LogP contribution in [0.25, 0.3) is 11.0 Å². The number of fused-ring (bicyclic) bond motifs is 1. The monoisotopic (exact) mass is 507 g/mol. The summed E-state index contributed by atoms with van der Waals surface area (Å²) in [5, 5.41) is 3.42. The number of carbonyl (C=O) groups excluding carboxylic acids is 3. The summed E-state index contributed by atoms with van der Waals surface area (Å²) in [7, 11) is 0. The van der Waals surface area contributed by atoms with E-state index in [0.29, 0.717) is 37.5 Å². The molecule has 10 nitrogen and oxygen atoms in total. The average Bonchev–Trinajstić information content (AvgIpc) is 3.57. The standard InChI is InChI=1S/C27H29N3O7/c1-18-13-25(33)37-22-14-19(4-5-20(18)22)36-16-24(32)30-11-8-27(17-30)6-9-29(10-7-27)23(31)15-28-26(34)21-3-2-12-35-21/h2-5,12-14H,6-11,15-17H2,1H3,(H,28,34). The fourth-order valence-electron chi connectivity index (χ4n) is 5.18. The molecule has 2 fully saturated rings. The van der Waals surface area contributed by atoms with E-state index in [1.807, 2.05) is 17.9 Å². The summed E-state index contributed by atoms with van der Waals surface area (Å²) in [5.74, 6) is 0.00142. The van der Waals surface area contributed by atoms with E-state index in [1.54, 1.807) is 29.2 Å². The van der Waals surface area contributed by atoms with Crippen LogP contribution in [-0.4, -0.2) is 66.9 Å². The summed E-state index contributed by atoms with van der Waals surface area (Å²) < 4.78 is 16.0. The predicted molar refractivity (Wildman–Crippen MR) is 133 cm³/mol. The summed E-state index contributed by atoms with van der Waals surface area (Å²) in [4.78, 5) is 52.6. The van der Waals surface area contributed by atoms with Gasteiger partial charge in [-0.1, -0.05) is 0 Å². The Hall–Kier alpha value is -4.08. The van der Waals surface area contributed by atoms with Crippen LogP contribution >= 0.6 is 0 Å². The van der Waals surface area contributed by atoms with Crippen LogP contribution in [0.5, 0.6) is 5.75 Å². The molecule has 1 aromatic carbocycles. The van der Waals surface area contributed by atoms with Crippen LogP contribution < -0.4 is 15.7 Å². The van der Waals surface area contributed by atoms with Crippen molar-refractivity contribution < 1.29 is 28.0 Å². The third-order valence-corrected chi connectivity index (χ3v) is 7.40. The van der Waals surface area contributed by atoms with Gasteiger partial charge >= 0.3 is 5.63 Å². The van der Waals surface area contributed by atoms with Crippen LogP contribution in [0.4, 0.5) is 0 Å². The van der Waals surface area contributed by atoms with Crippen molar-refractivity contribution in [3.63, 3.8) is 0 Å². The van der Waals surface area contributed by atoms with Crippen molar-refractivity contribution in [2.24, 2.45) is 5.41 Å². The van der Waals surface area contributed by atoms with Gasteiger partial charge in [-0.25, -0.2) is 4.79 Å². The first-order valence-electron chi connectivity index (χ1n) is 12.4. The van der Waals surface area contributed by atoms with Crippen LogP contribution in [0, 0.1) is 12.3 Å². The van der Waals surface area contributed by atoms with E-state index in [0.717, 1.165) is 30.2 Å². The minimum atomic E-state index is -0.424.